The summed E-state index contributed by atoms with van der Waals surface area (Å²) in [4.78, 5) is 0. The second kappa shape index (κ2) is 3.68. The third kappa shape index (κ3) is 1.66. The average Bonchev–Trinajstić information content (AvgIpc) is 2.77. The highest BCUT2D eigenvalue weighted by Gasteiger charge is 2.49. The van der Waals surface area contributed by atoms with Crippen LogP contribution in [0.1, 0.15) is 26.3 Å². The number of hydrogen-bond donors (Lipinski definition) is 1. The molecule has 0 spiro atoms. The van der Waals surface area contributed by atoms with E-state index in [0.29, 0.717) is 22.6 Å². The van der Waals surface area contributed by atoms with Crippen molar-refractivity contribution in [2.24, 2.45) is 5.41 Å². The molecule has 0 aliphatic heterocycles. The number of rotatable bonds is 2. The lowest BCUT2D eigenvalue weighted by molar-refractivity contribution is 0.497. The Bertz CT molecular complexity index is 604. The maximum atomic E-state index is 6.22. The zero-order valence-corrected chi connectivity index (χ0v) is 11.0. The van der Waals surface area contributed by atoms with Gasteiger partial charge in [-0.15, -0.1) is 5.10 Å². The average molecular weight is 264 g/mol. The van der Waals surface area contributed by atoms with Crippen LogP contribution in [0.4, 0.5) is 5.69 Å². The van der Waals surface area contributed by atoms with E-state index < -0.39 is 0 Å². The lowest BCUT2D eigenvalue weighted by atomic mass is 10.1. The van der Waals surface area contributed by atoms with Crippen molar-refractivity contribution in [1.29, 1.82) is 0 Å². The van der Waals surface area contributed by atoms with Gasteiger partial charge in [0.15, 0.2) is 5.82 Å². The Labute approximate surface area is 110 Å². The monoisotopic (exact) mass is 263 g/mol. The number of aromatic nitrogens is 4. The third-order valence-corrected chi connectivity index (χ3v) is 3.94. The number of benzene rings is 1. The highest BCUT2D eigenvalue weighted by molar-refractivity contribution is 6.35. The molecule has 1 aromatic carbocycles. The summed E-state index contributed by atoms with van der Waals surface area (Å²) in [6, 6.07) is 5.84. The Morgan fingerprint density at radius 1 is 1.44 bits per heavy atom. The lowest BCUT2D eigenvalue weighted by Gasteiger charge is -2.08. The zero-order valence-electron chi connectivity index (χ0n) is 10.3. The van der Waals surface area contributed by atoms with Gasteiger partial charge in [0.05, 0.1) is 16.8 Å². The summed E-state index contributed by atoms with van der Waals surface area (Å²) in [5.41, 5.74) is 7.38. The molecule has 5 nitrogen and oxygen atoms in total. The van der Waals surface area contributed by atoms with E-state index in [4.69, 9.17) is 17.3 Å². The highest BCUT2D eigenvalue weighted by Crippen LogP contribution is 2.56. The Morgan fingerprint density at radius 2 is 2.17 bits per heavy atom. The SMILES string of the molecule is CC1(C)CC1n1nnnc1-c1cccc(N)c1Cl. The Balaban J connectivity index is 2.08. The molecule has 18 heavy (non-hydrogen) atoms. The van der Waals surface area contributed by atoms with Crippen LogP contribution in [-0.2, 0) is 0 Å². The molecule has 6 heteroatoms. The van der Waals surface area contributed by atoms with Gasteiger partial charge in [-0.2, -0.15) is 0 Å². The van der Waals surface area contributed by atoms with Crippen molar-refractivity contribution >= 4 is 17.3 Å². The zero-order chi connectivity index (χ0) is 12.9. The van der Waals surface area contributed by atoms with Gasteiger partial charge in [-0.3, -0.25) is 0 Å². The third-order valence-electron chi connectivity index (χ3n) is 3.52. The van der Waals surface area contributed by atoms with E-state index in [1.54, 1.807) is 6.07 Å². The number of nitrogen functional groups attached to an aromatic ring is 1. The van der Waals surface area contributed by atoms with Crippen molar-refractivity contribution in [3.8, 4) is 11.4 Å². The predicted octanol–water partition coefficient (Wildman–Crippen LogP) is 2.55. The van der Waals surface area contributed by atoms with Crippen LogP contribution in [0.2, 0.25) is 5.02 Å². The minimum absolute atomic E-state index is 0.247. The van der Waals surface area contributed by atoms with Crippen LogP contribution >= 0.6 is 11.6 Å². The van der Waals surface area contributed by atoms with Gasteiger partial charge in [0, 0.05) is 5.56 Å². The van der Waals surface area contributed by atoms with E-state index in [9.17, 15) is 0 Å². The molecule has 0 radical (unpaired) electrons. The first-order chi connectivity index (χ1) is 8.50. The van der Waals surface area contributed by atoms with Crippen LogP contribution in [0.5, 0.6) is 0 Å². The molecule has 2 N–H and O–H groups in total. The fraction of sp³-hybridized carbons (Fsp3) is 0.417. The van der Waals surface area contributed by atoms with E-state index in [2.05, 4.69) is 29.4 Å². The summed E-state index contributed by atoms with van der Waals surface area (Å²) < 4.78 is 1.85. The van der Waals surface area contributed by atoms with Crippen LogP contribution < -0.4 is 5.73 Å². The molecule has 2 aromatic rings. The van der Waals surface area contributed by atoms with Crippen molar-refractivity contribution in [2.45, 2.75) is 26.3 Å². The van der Waals surface area contributed by atoms with Crippen molar-refractivity contribution in [2.75, 3.05) is 5.73 Å². The summed E-state index contributed by atoms with van der Waals surface area (Å²) >= 11 is 6.22. The summed E-state index contributed by atoms with van der Waals surface area (Å²) in [5, 5.41) is 12.4. The quantitative estimate of drug-likeness (QED) is 0.846. The fourth-order valence-corrected chi connectivity index (χ4v) is 2.37. The van der Waals surface area contributed by atoms with Gasteiger partial charge in [-0.25, -0.2) is 4.68 Å². The summed E-state index contributed by atoms with van der Waals surface area (Å²) in [7, 11) is 0. The maximum absolute atomic E-state index is 6.22. The van der Waals surface area contributed by atoms with Crippen molar-refractivity contribution in [3.63, 3.8) is 0 Å². The van der Waals surface area contributed by atoms with E-state index in [0.717, 1.165) is 12.0 Å². The maximum Gasteiger partial charge on any atom is 0.183 e. The number of halogens is 1. The molecule has 1 saturated carbocycles. The first kappa shape index (κ1) is 11.5. The second-order valence-corrected chi connectivity index (χ2v) is 5.74. The topological polar surface area (TPSA) is 69.6 Å². The molecule has 1 fully saturated rings. The standard InChI is InChI=1S/C12H14ClN5/c1-12(2)6-9(12)18-11(15-16-17-18)7-4-3-5-8(14)10(7)13/h3-5,9H,6,14H2,1-2H3. The highest BCUT2D eigenvalue weighted by atomic mass is 35.5. The van der Waals surface area contributed by atoms with Crippen molar-refractivity contribution in [1.82, 2.24) is 20.2 Å². The van der Waals surface area contributed by atoms with Crippen molar-refractivity contribution in [3.05, 3.63) is 23.2 Å². The summed E-state index contributed by atoms with van der Waals surface area (Å²) in [6.07, 6.45) is 1.07. The van der Waals surface area contributed by atoms with E-state index in [1.165, 1.54) is 0 Å². The van der Waals surface area contributed by atoms with Gasteiger partial charge < -0.3 is 5.73 Å². The van der Waals surface area contributed by atoms with Crippen LogP contribution in [-0.4, -0.2) is 20.2 Å². The molecule has 1 aliphatic carbocycles. The number of nitrogens with zero attached hydrogens (tertiary/aromatic N) is 4. The van der Waals surface area contributed by atoms with E-state index >= 15 is 0 Å². The molecule has 1 unspecified atom stereocenters. The molecule has 0 bridgehead atoms. The molecule has 3 rings (SSSR count). The number of anilines is 1. The van der Waals surface area contributed by atoms with Crippen LogP contribution in [0, 0.1) is 5.41 Å². The first-order valence-electron chi connectivity index (χ1n) is 5.83. The molecular weight excluding hydrogens is 250 g/mol. The molecule has 94 valence electrons. The molecule has 0 saturated heterocycles. The normalized spacial score (nSPS) is 20.9. The summed E-state index contributed by atoms with van der Waals surface area (Å²) in [5.74, 6) is 0.683. The van der Waals surface area contributed by atoms with Gasteiger partial charge in [0.1, 0.15) is 0 Å². The lowest BCUT2D eigenvalue weighted by Crippen LogP contribution is -2.05. The fourth-order valence-electron chi connectivity index (χ4n) is 2.16. The van der Waals surface area contributed by atoms with Crippen LogP contribution in [0.15, 0.2) is 18.2 Å². The Hall–Kier alpha value is -1.62. The Morgan fingerprint density at radius 3 is 2.83 bits per heavy atom. The number of tetrazole rings is 1. The first-order valence-corrected chi connectivity index (χ1v) is 6.21. The van der Waals surface area contributed by atoms with Gasteiger partial charge in [-0.1, -0.05) is 31.5 Å². The number of hydrogen-bond acceptors (Lipinski definition) is 4. The molecular formula is C12H14ClN5. The predicted molar refractivity (Wildman–Crippen MR) is 70.1 cm³/mol. The molecule has 1 atom stereocenters. The van der Waals surface area contributed by atoms with Gasteiger partial charge in [0.2, 0.25) is 0 Å². The van der Waals surface area contributed by atoms with E-state index in [-0.39, 0.29) is 5.41 Å². The molecule has 0 amide bonds. The largest absolute Gasteiger partial charge is 0.398 e. The van der Waals surface area contributed by atoms with Gasteiger partial charge in [0.25, 0.3) is 0 Å². The van der Waals surface area contributed by atoms with Gasteiger partial charge in [-0.05, 0) is 34.4 Å². The summed E-state index contributed by atoms with van der Waals surface area (Å²) in [6.45, 7) is 4.40. The number of nitrogens with two attached hydrogens (primary N) is 1. The molecule has 1 aliphatic rings. The van der Waals surface area contributed by atoms with Crippen LogP contribution in [0.3, 0.4) is 0 Å². The molecule has 1 aromatic heterocycles. The van der Waals surface area contributed by atoms with Crippen molar-refractivity contribution < 1.29 is 0 Å². The molecule has 1 heterocycles. The Kier molecular flexibility index (Phi) is 2.35. The van der Waals surface area contributed by atoms with Gasteiger partial charge >= 0.3 is 0 Å². The van der Waals surface area contributed by atoms with Crippen LogP contribution in [0.25, 0.3) is 11.4 Å². The minimum Gasteiger partial charge on any atom is -0.398 e. The van der Waals surface area contributed by atoms with E-state index in [1.807, 2.05) is 16.8 Å². The smallest absolute Gasteiger partial charge is 0.183 e. The second-order valence-electron chi connectivity index (χ2n) is 5.36. The minimum atomic E-state index is 0.247.